The van der Waals surface area contributed by atoms with Gasteiger partial charge < -0.3 is 14.3 Å². The summed E-state index contributed by atoms with van der Waals surface area (Å²) < 4.78 is 11.4. The standard InChI is InChI=1S/C14H28O4Si/c1-11(17-6)9-14(5,10-12(15)16)18-19(7,8)13(2,3)4/h1,9-10H2,2-8H3,(H,15,16)/t14-/m1/s1. The number of rotatable bonds is 7. The summed E-state index contributed by atoms with van der Waals surface area (Å²) in [5.41, 5.74) is -0.776. The van der Waals surface area contributed by atoms with Crippen molar-refractivity contribution in [1.29, 1.82) is 0 Å². The predicted molar refractivity (Wildman–Crippen MR) is 79.7 cm³/mol. The molecule has 4 nitrogen and oxygen atoms in total. The van der Waals surface area contributed by atoms with Gasteiger partial charge in [-0.15, -0.1) is 0 Å². The van der Waals surface area contributed by atoms with Gasteiger partial charge in [0.05, 0.1) is 24.9 Å². The van der Waals surface area contributed by atoms with Gasteiger partial charge in [0.2, 0.25) is 0 Å². The van der Waals surface area contributed by atoms with Crippen LogP contribution in [0.25, 0.3) is 0 Å². The molecule has 5 heteroatoms. The van der Waals surface area contributed by atoms with Crippen LogP contribution in [0, 0.1) is 0 Å². The van der Waals surface area contributed by atoms with Gasteiger partial charge in [-0.2, -0.15) is 0 Å². The van der Waals surface area contributed by atoms with E-state index in [0.717, 1.165) is 0 Å². The van der Waals surface area contributed by atoms with E-state index in [9.17, 15) is 4.79 Å². The number of methoxy groups -OCH3 is 1. The largest absolute Gasteiger partial charge is 0.502 e. The molecule has 0 fully saturated rings. The van der Waals surface area contributed by atoms with Gasteiger partial charge in [0.25, 0.3) is 0 Å². The van der Waals surface area contributed by atoms with Crippen LogP contribution in [0.4, 0.5) is 0 Å². The topological polar surface area (TPSA) is 55.8 Å². The molecule has 112 valence electrons. The number of hydrogen-bond acceptors (Lipinski definition) is 3. The Morgan fingerprint density at radius 2 is 1.68 bits per heavy atom. The highest BCUT2D eigenvalue weighted by atomic mass is 28.4. The van der Waals surface area contributed by atoms with Crippen LogP contribution in [0.1, 0.15) is 40.5 Å². The highest BCUT2D eigenvalue weighted by molar-refractivity contribution is 6.74. The minimum Gasteiger partial charge on any atom is -0.502 e. The molecule has 0 spiro atoms. The van der Waals surface area contributed by atoms with E-state index in [2.05, 4.69) is 40.4 Å². The van der Waals surface area contributed by atoms with Crippen molar-refractivity contribution < 1.29 is 19.1 Å². The van der Waals surface area contributed by atoms with E-state index in [4.69, 9.17) is 14.3 Å². The number of carbonyl (C=O) groups is 1. The minimum atomic E-state index is -2.05. The summed E-state index contributed by atoms with van der Waals surface area (Å²) in [5, 5.41) is 9.13. The second-order valence-corrected chi connectivity index (χ2v) is 11.5. The van der Waals surface area contributed by atoms with Gasteiger partial charge in [0.1, 0.15) is 0 Å². The Labute approximate surface area is 117 Å². The summed E-state index contributed by atoms with van der Waals surface area (Å²) in [6.07, 6.45) is 0.338. The smallest absolute Gasteiger partial charge is 0.306 e. The lowest BCUT2D eigenvalue weighted by Crippen LogP contribution is -2.49. The van der Waals surface area contributed by atoms with Crippen molar-refractivity contribution >= 4 is 14.3 Å². The highest BCUT2D eigenvalue weighted by Crippen LogP contribution is 2.41. The van der Waals surface area contributed by atoms with E-state index >= 15 is 0 Å². The highest BCUT2D eigenvalue weighted by Gasteiger charge is 2.44. The third-order valence-electron chi connectivity index (χ3n) is 3.69. The lowest BCUT2D eigenvalue weighted by molar-refractivity contribution is -0.141. The van der Waals surface area contributed by atoms with Crippen LogP contribution in [0.15, 0.2) is 12.3 Å². The average Bonchev–Trinajstić information content (AvgIpc) is 2.12. The number of ether oxygens (including phenoxy) is 1. The fraction of sp³-hybridized carbons (Fsp3) is 0.786. The number of hydrogen-bond donors (Lipinski definition) is 1. The number of aliphatic carboxylic acids is 1. The summed E-state index contributed by atoms with van der Waals surface area (Å²) in [4.78, 5) is 11.1. The van der Waals surface area contributed by atoms with Gasteiger partial charge in [0, 0.05) is 6.42 Å². The molecule has 0 bridgehead atoms. The Morgan fingerprint density at radius 3 is 2.00 bits per heavy atom. The molecule has 0 aromatic heterocycles. The molecular weight excluding hydrogens is 260 g/mol. The number of carboxylic acid groups (broad SMARTS) is 1. The van der Waals surface area contributed by atoms with Gasteiger partial charge in [0.15, 0.2) is 8.32 Å². The summed E-state index contributed by atoms with van der Waals surface area (Å²) >= 11 is 0. The monoisotopic (exact) mass is 288 g/mol. The first-order chi connectivity index (χ1) is 8.33. The maximum atomic E-state index is 11.1. The molecule has 19 heavy (non-hydrogen) atoms. The molecule has 0 unspecified atom stereocenters. The van der Waals surface area contributed by atoms with Crippen molar-refractivity contribution in [3.8, 4) is 0 Å². The van der Waals surface area contributed by atoms with Gasteiger partial charge in [-0.05, 0) is 25.1 Å². The quantitative estimate of drug-likeness (QED) is 0.572. The van der Waals surface area contributed by atoms with Crippen LogP contribution in [-0.2, 0) is 14.0 Å². The molecule has 0 aliphatic rings. The van der Waals surface area contributed by atoms with Crippen molar-refractivity contribution in [2.45, 2.75) is 64.3 Å². The van der Waals surface area contributed by atoms with E-state index in [-0.39, 0.29) is 11.5 Å². The first kappa shape index (κ1) is 18.2. The predicted octanol–water partition coefficient (Wildman–Crippen LogP) is 3.79. The van der Waals surface area contributed by atoms with Crippen molar-refractivity contribution in [1.82, 2.24) is 0 Å². The van der Waals surface area contributed by atoms with Crippen LogP contribution in [-0.4, -0.2) is 32.1 Å². The summed E-state index contributed by atoms with van der Waals surface area (Å²) in [6.45, 7) is 16.2. The molecule has 0 aromatic carbocycles. The molecule has 0 aliphatic carbocycles. The first-order valence-corrected chi connectivity index (χ1v) is 9.37. The fourth-order valence-corrected chi connectivity index (χ4v) is 3.40. The zero-order chi connectivity index (χ0) is 15.5. The lowest BCUT2D eigenvalue weighted by atomic mass is 9.97. The number of carboxylic acids is 1. The molecule has 1 atom stereocenters. The van der Waals surface area contributed by atoms with E-state index in [1.165, 1.54) is 7.11 Å². The minimum absolute atomic E-state index is 0.0289. The Morgan fingerprint density at radius 1 is 1.21 bits per heavy atom. The van der Waals surface area contributed by atoms with Crippen molar-refractivity contribution in [2.24, 2.45) is 0 Å². The zero-order valence-electron chi connectivity index (χ0n) is 13.3. The molecule has 0 radical (unpaired) electrons. The van der Waals surface area contributed by atoms with E-state index in [0.29, 0.717) is 12.2 Å². The summed E-state index contributed by atoms with van der Waals surface area (Å²) in [5.74, 6) is -0.326. The molecule has 0 aliphatic heterocycles. The zero-order valence-corrected chi connectivity index (χ0v) is 14.3. The SMILES string of the molecule is C=C(C[C@](C)(CC(=O)O)O[Si](C)(C)C(C)(C)C)OC. The molecule has 0 aromatic rings. The van der Waals surface area contributed by atoms with Gasteiger partial charge in [-0.1, -0.05) is 27.4 Å². The maximum absolute atomic E-state index is 11.1. The average molecular weight is 288 g/mol. The van der Waals surface area contributed by atoms with E-state index < -0.39 is 19.9 Å². The molecular formula is C14H28O4Si. The maximum Gasteiger partial charge on any atom is 0.306 e. The van der Waals surface area contributed by atoms with Crippen LogP contribution < -0.4 is 0 Å². The molecule has 0 rings (SSSR count). The van der Waals surface area contributed by atoms with Gasteiger partial charge in [-0.25, -0.2) is 0 Å². The Kier molecular flexibility index (Phi) is 5.83. The summed E-state index contributed by atoms with van der Waals surface area (Å²) in [6, 6.07) is 0. The Balaban J connectivity index is 5.16. The van der Waals surface area contributed by atoms with Gasteiger partial charge >= 0.3 is 5.97 Å². The Hall–Kier alpha value is -0.813. The van der Waals surface area contributed by atoms with Gasteiger partial charge in [-0.3, -0.25) is 4.79 Å². The van der Waals surface area contributed by atoms with Crippen molar-refractivity contribution in [3.63, 3.8) is 0 Å². The van der Waals surface area contributed by atoms with Crippen LogP contribution in [0.5, 0.6) is 0 Å². The Bertz CT molecular complexity index is 344. The summed E-state index contributed by atoms with van der Waals surface area (Å²) in [7, 11) is -0.509. The van der Waals surface area contributed by atoms with Crippen LogP contribution in [0.3, 0.4) is 0 Å². The van der Waals surface area contributed by atoms with E-state index in [1.807, 2.05) is 6.92 Å². The molecule has 0 saturated heterocycles. The molecule has 1 N–H and O–H groups in total. The van der Waals surface area contributed by atoms with Crippen LogP contribution in [0.2, 0.25) is 18.1 Å². The molecule has 0 heterocycles. The van der Waals surface area contributed by atoms with Crippen molar-refractivity contribution in [2.75, 3.05) is 7.11 Å². The first-order valence-electron chi connectivity index (χ1n) is 6.47. The third-order valence-corrected chi connectivity index (χ3v) is 8.31. The molecule has 0 amide bonds. The lowest BCUT2D eigenvalue weighted by Gasteiger charge is -2.43. The van der Waals surface area contributed by atoms with Crippen LogP contribution >= 0.6 is 0 Å². The third kappa shape index (κ3) is 5.78. The second-order valence-electron chi connectivity index (χ2n) is 6.80. The second kappa shape index (κ2) is 6.09. The van der Waals surface area contributed by atoms with Crippen molar-refractivity contribution in [3.05, 3.63) is 12.3 Å². The fourth-order valence-electron chi connectivity index (χ4n) is 1.71. The normalized spacial score (nSPS) is 15.7. The molecule has 0 saturated carbocycles. The van der Waals surface area contributed by atoms with E-state index in [1.54, 1.807) is 0 Å².